The van der Waals surface area contributed by atoms with Crippen LogP contribution in [0.1, 0.15) is 29.8 Å². The molecule has 3 N–H and O–H groups in total. The molecule has 1 aliphatic rings. The zero-order valence-electron chi connectivity index (χ0n) is 19.4. The van der Waals surface area contributed by atoms with Gasteiger partial charge in [0.05, 0.1) is 23.9 Å². The van der Waals surface area contributed by atoms with E-state index in [0.717, 1.165) is 5.56 Å². The molecule has 0 saturated heterocycles. The Balaban J connectivity index is 1.41. The average Bonchev–Trinajstić information content (AvgIpc) is 3.65. The van der Waals surface area contributed by atoms with Gasteiger partial charge in [-0.05, 0) is 28.8 Å². The van der Waals surface area contributed by atoms with Gasteiger partial charge in [-0.15, -0.1) is 0 Å². The molecule has 2 unspecified atom stereocenters. The zero-order chi connectivity index (χ0) is 26.1. The number of benzene rings is 2. The van der Waals surface area contributed by atoms with E-state index in [2.05, 4.69) is 25.3 Å². The van der Waals surface area contributed by atoms with Crippen LogP contribution in [0.5, 0.6) is 0 Å². The summed E-state index contributed by atoms with van der Waals surface area (Å²) in [6, 6.07) is 10.7. The van der Waals surface area contributed by atoms with Crippen molar-refractivity contribution >= 4 is 23.5 Å². The number of H-pyrrole nitrogens is 1. The number of carbonyl (C=O) groups is 1. The minimum Gasteiger partial charge on any atom is -0.382 e. The highest BCUT2D eigenvalue weighted by molar-refractivity contribution is 6.33. The number of guanidine groups is 1. The van der Waals surface area contributed by atoms with Crippen LogP contribution in [0.15, 0.2) is 66.2 Å². The van der Waals surface area contributed by atoms with Crippen LogP contribution >= 0.6 is 11.6 Å². The molecular weight excluding hydrogens is 506 g/mol. The van der Waals surface area contributed by atoms with E-state index in [1.807, 2.05) is 0 Å². The molecule has 13 heteroatoms. The fraction of sp³-hybridized carbons (Fsp3) is 0.208. The van der Waals surface area contributed by atoms with Crippen molar-refractivity contribution < 1.29 is 18.3 Å². The number of alkyl halides is 2. The van der Waals surface area contributed by atoms with Gasteiger partial charge in [-0.3, -0.25) is 14.8 Å². The minimum absolute atomic E-state index is 0.0514. The Morgan fingerprint density at radius 2 is 1.97 bits per heavy atom. The summed E-state index contributed by atoms with van der Waals surface area (Å²) in [6.07, 6.45) is 3.99. The van der Waals surface area contributed by atoms with E-state index >= 15 is 0 Å². The van der Waals surface area contributed by atoms with Crippen LogP contribution in [0.3, 0.4) is 0 Å². The second-order valence-electron chi connectivity index (χ2n) is 8.25. The van der Waals surface area contributed by atoms with Crippen LogP contribution in [0.4, 0.5) is 8.78 Å². The molecule has 10 nitrogen and oxygen atoms in total. The molecule has 0 spiro atoms. The second-order valence-corrected chi connectivity index (χ2v) is 8.66. The molecule has 0 radical (unpaired) electrons. The van der Waals surface area contributed by atoms with Crippen molar-refractivity contribution in [2.24, 2.45) is 10.7 Å². The van der Waals surface area contributed by atoms with E-state index in [4.69, 9.17) is 22.1 Å². The third-order valence-electron chi connectivity index (χ3n) is 6.02. The van der Waals surface area contributed by atoms with E-state index in [1.165, 1.54) is 30.7 Å². The third kappa shape index (κ3) is 4.68. The van der Waals surface area contributed by atoms with Crippen LogP contribution < -0.4 is 5.73 Å². The largest absolute Gasteiger partial charge is 0.382 e. The first-order valence-corrected chi connectivity index (χ1v) is 11.5. The molecule has 2 atom stereocenters. The molecule has 1 aliphatic heterocycles. The number of hydrogen-bond donors (Lipinski definition) is 2. The maximum absolute atomic E-state index is 13.5. The second kappa shape index (κ2) is 10.1. The maximum Gasteiger partial charge on any atom is 0.333 e. The fourth-order valence-electron chi connectivity index (χ4n) is 4.22. The first-order valence-electron chi connectivity index (χ1n) is 11.1. The van der Waals surface area contributed by atoms with Gasteiger partial charge in [0.15, 0.2) is 17.8 Å². The van der Waals surface area contributed by atoms with Crippen molar-refractivity contribution in [3.63, 3.8) is 0 Å². The van der Waals surface area contributed by atoms with Crippen molar-refractivity contribution in [1.82, 2.24) is 29.9 Å². The highest BCUT2D eigenvalue weighted by atomic mass is 35.5. The van der Waals surface area contributed by atoms with Crippen LogP contribution in [-0.2, 0) is 9.53 Å². The predicted molar refractivity (Wildman–Crippen MR) is 132 cm³/mol. The Kier molecular flexibility index (Phi) is 6.68. The predicted octanol–water partition coefficient (Wildman–Crippen LogP) is 3.97. The van der Waals surface area contributed by atoms with Crippen molar-refractivity contribution in [3.05, 3.63) is 77.3 Å². The summed E-state index contributed by atoms with van der Waals surface area (Å²) < 4.78 is 31.7. The lowest BCUT2D eigenvalue weighted by molar-refractivity contribution is -0.130. The summed E-state index contributed by atoms with van der Waals surface area (Å²) in [5.41, 5.74) is 9.38. The molecule has 1 amide bonds. The summed E-state index contributed by atoms with van der Waals surface area (Å²) in [4.78, 5) is 23.5. The molecule has 5 rings (SSSR count). The topological polar surface area (TPSA) is 127 Å². The molecule has 0 bridgehead atoms. The SMILES string of the molecule is COCC(c1ccc(Cl)c(-c2ncn[nH]2)c1)N1C(=O)C(c2ccc(-c3cnn(C(F)F)c3)cc2)N=C1N. The number of nitrogens with one attached hydrogen (secondary N) is 1. The molecule has 190 valence electrons. The highest BCUT2D eigenvalue weighted by Gasteiger charge is 2.39. The lowest BCUT2D eigenvalue weighted by Crippen LogP contribution is -2.42. The molecule has 4 aromatic rings. The van der Waals surface area contributed by atoms with Gasteiger partial charge < -0.3 is 10.5 Å². The monoisotopic (exact) mass is 526 g/mol. The molecule has 3 heterocycles. The van der Waals surface area contributed by atoms with Gasteiger partial charge in [-0.2, -0.15) is 19.0 Å². The number of aromatic nitrogens is 5. The van der Waals surface area contributed by atoms with Crippen molar-refractivity contribution in [1.29, 1.82) is 0 Å². The van der Waals surface area contributed by atoms with Crippen molar-refractivity contribution in [2.75, 3.05) is 13.7 Å². The van der Waals surface area contributed by atoms with E-state index < -0.39 is 18.6 Å². The van der Waals surface area contributed by atoms with Gasteiger partial charge in [-0.25, -0.2) is 14.7 Å². The number of aliphatic imine (C=N–C) groups is 1. The van der Waals surface area contributed by atoms with Gasteiger partial charge >= 0.3 is 6.55 Å². The number of methoxy groups -OCH3 is 1. The van der Waals surface area contributed by atoms with Gasteiger partial charge in [0.1, 0.15) is 6.33 Å². The first-order chi connectivity index (χ1) is 17.9. The molecule has 0 saturated carbocycles. The Bertz CT molecular complexity index is 1440. The smallest absolute Gasteiger partial charge is 0.333 e. The van der Waals surface area contributed by atoms with Crippen LogP contribution in [-0.4, -0.2) is 55.4 Å². The van der Waals surface area contributed by atoms with Gasteiger partial charge in [-0.1, -0.05) is 41.9 Å². The molecular formula is C24H21ClF2N8O2. The Morgan fingerprint density at radius 1 is 1.19 bits per heavy atom. The average molecular weight is 527 g/mol. The van der Waals surface area contributed by atoms with Crippen LogP contribution in [0, 0.1) is 0 Å². The standard InChI is InChI=1S/C24H21ClF2N8O2/c1-37-11-19(15-6-7-18(25)17(8-15)21-29-12-30-33-21)35-22(36)20(32-24(35)28)14-4-2-13(3-5-14)16-9-31-34(10-16)23(26)27/h2-10,12,19-20,23H,11H2,1H3,(H2,28,32)(H,29,30,33). The number of hydrogen-bond acceptors (Lipinski definition) is 7. The molecule has 2 aromatic heterocycles. The lowest BCUT2D eigenvalue weighted by Gasteiger charge is -2.28. The summed E-state index contributed by atoms with van der Waals surface area (Å²) in [6.45, 7) is -2.57. The summed E-state index contributed by atoms with van der Waals surface area (Å²) >= 11 is 6.37. The summed E-state index contributed by atoms with van der Waals surface area (Å²) in [7, 11) is 1.53. The highest BCUT2D eigenvalue weighted by Crippen LogP contribution is 2.35. The van der Waals surface area contributed by atoms with Gasteiger partial charge in [0, 0.05) is 24.4 Å². The summed E-state index contributed by atoms with van der Waals surface area (Å²) in [5, 5.41) is 10.8. The maximum atomic E-state index is 13.5. The fourth-order valence-corrected chi connectivity index (χ4v) is 4.43. The normalized spacial score (nSPS) is 16.5. The van der Waals surface area contributed by atoms with Crippen LogP contribution in [0.25, 0.3) is 22.5 Å². The molecule has 2 aromatic carbocycles. The van der Waals surface area contributed by atoms with E-state index in [9.17, 15) is 13.6 Å². The number of nitrogens with zero attached hydrogens (tertiary/aromatic N) is 6. The van der Waals surface area contributed by atoms with E-state index in [1.54, 1.807) is 42.5 Å². The molecule has 37 heavy (non-hydrogen) atoms. The number of aromatic amines is 1. The number of nitrogens with two attached hydrogens (primary N) is 1. The number of amides is 1. The quantitative estimate of drug-likeness (QED) is 0.357. The lowest BCUT2D eigenvalue weighted by atomic mass is 10.00. The zero-order valence-corrected chi connectivity index (χ0v) is 20.2. The van der Waals surface area contributed by atoms with Gasteiger partial charge in [0.2, 0.25) is 0 Å². The minimum atomic E-state index is -2.72. The third-order valence-corrected chi connectivity index (χ3v) is 6.35. The Labute approximate surface area is 214 Å². The molecule has 0 aliphatic carbocycles. The molecule has 0 fully saturated rings. The number of halogens is 3. The van der Waals surface area contributed by atoms with E-state index in [0.29, 0.717) is 37.8 Å². The number of ether oxygens (including phenoxy) is 1. The summed E-state index contributed by atoms with van der Waals surface area (Å²) in [5.74, 6) is 0.207. The Hall–Kier alpha value is -4.16. The van der Waals surface area contributed by atoms with Crippen LogP contribution in [0.2, 0.25) is 5.02 Å². The van der Waals surface area contributed by atoms with Crippen molar-refractivity contribution in [2.45, 2.75) is 18.6 Å². The van der Waals surface area contributed by atoms with E-state index in [-0.39, 0.29) is 18.5 Å². The first kappa shape index (κ1) is 24.5. The van der Waals surface area contributed by atoms with Crippen molar-refractivity contribution in [3.8, 4) is 22.5 Å². The number of carbonyl (C=O) groups excluding carboxylic acids is 1. The number of rotatable bonds is 8. The van der Waals surface area contributed by atoms with Gasteiger partial charge in [0.25, 0.3) is 5.91 Å². The Morgan fingerprint density at radius 3 is 2.62 bits per heavy atom.